The Morgan fingerprint density at radius 1 is 1.27 bits per heavy atom. The van der Waals surface area contributed by atoms with E-state index in [4.69, 9.17) is 4.74 Å². The molecule has 0 radical (unpaired) electrons. The molecule has 0 fully saturated rings. The van der Waals surface area contributed by atoms with Gasteiger partial charge in [-0.2, -0.15) is 0 Å². The van der Waals surface area contributed by atoms with Crippen molar-refractivity contribution in [3.05, 3.63) is 41.5 Å². The highest BCUT2D eigenvalue weighted by molar-refractivity contribution is 5.22. The molecule has 1 heterocycles. The number of halogens is 1. The van der Waals surface area contributed by atoms with Crippen LogP contribution in [-0.2, 0) is 6.61 Å². The molecule has 0 spiro atoms. The molecule has 78 valence electrons. The van der Waals surface area contributed by atoms with E-state index < -0.39 is 0 Å². The highest BCUT2D eigenvalue weighted by Crippen LogP contribution is 2.13. The fraction of sp³-hybridized carbons (Fsp3) is 0.200. The van der Waals surface area contributed by atoms with E-state index in [1.54, 1.807) is 19.1 Å². The predicted octanol–water partition coefficient (Wildman–Crippen LogP) is 2.10. The van der Waals surface area contributed by atoms with Crippen LogP contribution in [-0.4, -0.2) is 10.3 Å². The topological polar surface area (TPSA) is 48.2 Å². The van der Waals surface area contributed by atoms with Crippen LogP contribution < -0.4 is 4.74 Å². The lowest BCUT2D eigenvalue weighted by atomic mass is 10.3. The van der Waals surface area contributed by atoms with E-state index in [0.29, 0.717) is 17.1 Å². The Hall–Kier alpha value is -1.91. The Balaban J connectivity index is 1.99. The van der Waals surface area contributed by atoms with Crippen molar-refractivity contribution in [1.29, 1.82) is 0 Å². The lowest BCUT2D eigenvalue weighted by molar-refractivity contribution is 0.270. The zero-order chi connectivity index (χ0) is 10.7. The molecule has 0 aliphatic heterocycles. The van der Waals surface area contributed by atoms with E-state index in [1.807, 2.05) is 0 Å². The normalized spacial score (nSPS) is 10.3. The molecule has 0 saturated heterocycles. The van der Waals surface area contributed by atoms with Gasteiger partial charge < -0.3 is 4.74 Å². The number of aromatic nitrogens is 2. The summed E-state index contributed by atoms with van der Waals surface area (Å²) >= 11 is 0. The maximum atomic E-state index is 12.6. The molecule has 1 aromatic carbocycles. The molecule has 15 heavy (non-hydrogen) atoms. The monoisotopic (exact) mass is 208 g/mol. The average molecular weight is 208 g/mol. The summed E-state index contributed by atoms with van der Waals surface area (Å²) in [4.78, 5) is 0. The SMILES string of the molecule is Cc1nonc1COc1ccc(F)cc1. The van der Waals surface area contributed by atoms with Gasteiger partial charge in [0.2, 0.25) is 0 Å². The van der Waals surface area contributed by atoms with Crippen LogP contribution in [0.15, 0.2) is 28.9 Å². The summed E-state index contributed by atoms with van der Waals surface area (Å²) < 4.78 is 22.4. The van der Waals surface area contributed by atoms with Crippen molar-refractivity contribution in [3.63, 3.8) is 0 Å². The first-order valence-corrected chi connectivity index (χ1v) is 4.42. The number of aryl methyl sites for hydroxylation is 1. The minimum absolute atomic E-state index is 0.265. The van der Waals surface area contributed by atoms with Gasteiger partial charge in [-0.05, 0) is 31.2 Å². The zero-order valence-electron chi connectivity index (χ0n) is 8.11. The van der Waals surface area contributed by atoms with Crippen LogP contribution >= 0.6 is 0 Å². The van der Waals surface area contributed by atoms with Crippen LogP contribution in [0.4, 0.5) is 4.39 Å². The van der Waals surface area contributed by atoms with E-state index in [1.165, 1.54) is 12.1 Å². The summed E-state index contributed by atoms with van der Waals surface area (Å²) in [6, 6.07) is 5.78. The minimum Gasteiger partial charge on any atom is -0.487 e. The second-order valence-electron chi connectivity index (χ2n) is 3.04. The number of ether oxygens (including phenoxy) is 1. The number of hydrogen-bond donors (Lipinski definition) is 0. The highest BCUT2D eigenvalue weighted by Gasteiger charge is 2.05. The molecule has 0 aliphatic carbocycles. The Morgan fingerprint density at radius 2 is 2.00 bits per heavy atom. The van der Waals surface area contributed by atoms with E-state index in [0.717, 1.165) is 0 Å². The summed E-state index contributed by atoms with van der Waals surface area (Å²) in [5.41, 5.74) is 1.33. The molecule has 0 atom stereocenters. The summed E-state index contributed by atoms with van der Waals surface area (Å²) in [6.07, 6.45) is 0. The van der Waals surface area contributed by atoms with Crippen molar-refractivity contribution < 1.29 is 13.8 Å². The first-order valence-electron chi connectivity index (χ1n) is 4.42. The van der Waals surface area contributed by atoms with Crippen LogP contribution in [0.1, 0.15) is 11.4 Å². The zero-order valence-corrected chi connectivity index (χ0v) is 8.11. The van der Waals surface area contributed by atoms with Crippen molar-refractivity contribution in [3.8, 4) is 5.75 Å². The van der Waals surface area contributed by atoms with E-state index in [9.17, 15) is 4.39 Å². The minimum atomic E-state index is -0.290. The van der Waals surface area contributed by atoms with Crippen LogP contribution in [0.25, 0.3) is 0 Å². The first-order chi connectivity index (χ1) is 7.25. The van der Waals surface area contributed by atoms with Gasteiger partial charge in [0.05, 0.1) is 0 Å². The summed E-state index contributed by atoms with van der Waals surface area (Å²) in [5, 5.41) is 7.28. The van der Waals surface area contributed by atoms with Crippen LogP contribution in [0.3, 0.4) is 0 Å². The molecule has 0 bridgehead atoms. The van der Waals surface area contributed by atoms with Gasteiger partial charge in [-0.1, -0.05) is 10.3 Å². The van der Waals surface area contributed by atoms with E-state index in [-0.39, 0.29) is 12.4 Å². The third-order valence-corrected chi connectivity index (χ3v) is 1.94. The Morgan fingerprint density at radius 3 is 2.60 bits per heavy atom. The Labute approximate surface area is 85.6 Å². The maximum Gasteiger partial charge on any atom is 0.145 e. The molecule has 0 amide bonds. The van der Waals surface area contributed by atoms with Crippen molar-refractivity contribution in [2.45, 2.75) is 13.5 Å². The van der Waals surface area contributed by atoms with E-state index in [2.05, 4.69) is 14.9 Å². The van der Waals surface area contributed by atoms with Gasteiger partial charge in [-0.15, -0.1) is 0 Å². The molecule has 0 aliphatic rings. The quantitative estimate of drug-likeness (QED) is 0.774. The maximum absolute atomic E-state index is 12.6. The molecule has 2 rings (SSSR count). The first kappa shape index (κ1) is 9.64. The molecule has 1 aromatic heterocycles. The average Bonchev–Trinajstić information content (AvgIpc) is 2.63. The molecule has 0 unspecified atom stereocenters. The van der Waals surface area contributed by atoms with Gasteiger partial charge in [0.25, 0.3) is 0 Å². The number of rotatable bonds is 3. The van der Waals surface area contributed by atoms with Gasteiger partial charge in [0.1, 0.15) is 29.6 Å². The molecule has 4 nitrogen and oxygen atoms in total. The number of benzene rings is 1. The van der Waals surface area contributed by atoms with E-state index >= 15 is 0 Å². The number of nitrogens with zero attached hydrogens (tertiary/aromatic N) is 2. The fourth-order valence-corrected chi connectivity index (χ4v) is 1.06. The van der Waals surface area contributed by atoms with Gasteiger partial charge in [0.15, 0.2) is 0 Å². The summed E-state index contributed by atoms with van der Waals surface area (Å²) in [5.74, 6) is 0.292. The molecule has 0 N–H and O–H groups in total. The third-order valence-electron chi connectivity index (χ3n) is 1.94. The van der Waals surface area contributed by atoms with Gasteiger partial charge >= 0.3 is 0 Å². The van der Waals surface area contributed by atoms with Gasteiger partial charge in [0, 0.05) is 0 Å². The molecule has 5 heteroatoms. The second-order valence-corrected chi connectivity index (χ2v) is 3.04. The Bertz CT molecular complexity index is 439. The molecular weight excluding hydrogens is 199 g/mol. The predicted molar refractivity (Wildman–Crippen MR) is 49.8 cm³/mol. The second kappa shape index (κ2) is 4.08. The summed E-state index contributed by atoms with van der Waals surface area (Å²) in [7, 11) is 0. The van der Waals surface area contributed by atoms with Crippen LogP contribution in [0, 0.1) is 12.7 Å². The van der Waals surface area contributed by atoms with Crippen molar-refractivity contribution in [2.24, 2.45) is 0 Å². The highest BCUT2D eigenvalue weighted by atomic mass is 19.1. The van der Waals surface area contributed by atoms with Gasteiger partial charge in [-0.3, -0.25) is 0 Å². The lowest BCUT2D eigenvalue weighted by Gasteiger charge is -2.02. The smallest absolute Gasteiger partial charge is 0.145 e. The van der Waals surface area contributed by atoms with Crippen molar-refractivity contribution >= 4 is 0 Å². The molecule has 0 saturated carbocycles. The van der Waals surface area contributed by atoms with Gasteiger partial charge in [-0.25, -0.2) is 9.02 Å². The Kier molecular flexibility index (Phi) is 2.62. The number of hydrogen-bond acceptors (Lipinski definition) is 4. The summed E-state index contributed by atoms with van der Waals surface area (Å²) in [6.45, 7) is 2.04. The van der Waals surface area contributed by atoms with Crippen molar-refractivity contribution in [2.75, 3.05) is 0 Å². The van der Waals surface area contributed by atoms with Crippen molar-refractivity contribution in [1.82, 2.24) is 10.3 Å². The largest absolute Gasteiger partial charge is 0.487 e. The van der Waals surface area contributed by atoms with Crippen LogP contribution in [0.2, 0.25) is 0 Å². The standard InChI is InChI=1S/C10H9FN2O2/c1-7-10(13-15-12-7)6-14-9-4-2-8(11)3-5-9/h2-5H,6H2,1H3. The third kappa shape index (κ3) is 2.31. The fourth-order valence-electron chi connectivity index (χ4n) is 1.06. The lowest BCUT2D eigenvalue weighted by Crippen LogP contribution is -1.97. The molecule has 2 aromatic rings. The molecular formula is C10H9FN2O2. The van der Waals surface area contributed by atoms with Crippen LogP contribution in [0.5, 0.6) is 5.75 Å².